The quantitative estimate of drug-likeness (QED) is 0.810. The van der Waals surface area contributed by atoms with Crippen LogP contribution in [-0.2, 0) is 0 Å². The molecule has 0 spiro atoms. The van der Waals surface area contributed by atoms with E-state index in [0.717, 1.165) is 12.0 Å². The maximum atomic E-state index is 3.71. The number of rotatable bonds is 4. The van der Waals surface area contributed by atoms with Crippen LogP contribution in [0.25, 0.3) is 0 Å². The van der Waals surface area contributed by atoms with Crippen molar-refractivity contribution in [2.24, 2.45) is 5.92 Å². The Labute approximate surface area is 107 Å². The molecule has 0 aromatic carbocycles. The average molecular weight is 238 g/mol. The van der Waals surface area contributed by atoms with E-state index in [1.807, 2.05) is 0 Å². The summed E-state index contributed by atoms with van der Waals surface area (Å²) in [6.07, 6.45) is 11.4. The minimum atomic E-state index is 0.756. The summed E-state index contributed by atoms with van der Waals surface area (Å²) in [7, 11) is 0. The van der Waals surface area contributed by atoms with Gasteiger partial charge in [-0.1, -0.05) is 32.6 Å². The first-order valence-corrected chi connectivity index (χ1v) is 7.84. The average Bonchev–Trinajstić information content (AvgIpc) is 2.56. The van der Waals surface area contributed by atoms with Crippen molar-refractivity contribution in [3.05, 3.63) is 0 Å². The van der Waals surface area contributed by atoms with Gasteiger partial charge in [-0.25, -0.2) is 0 Å². The van der Waals surface area contributed by atoms with Gasteiger partial charge < -0.3 is 10.2 Å². The summed E-state index contributed by atoms with van der Waals surface area (Å²) in [6.45, 7) is 7.53. The zero-order valence-corrected chi connectivity index (χ0v) is 11.6. The highest BCUT2D eigenvalue weighted by atomic mass is 15.2. The van der Waals surface area contributed by atoms with Crippen LogP contribution in [0.1, 0.15) is 58.3 Å². The van der Waals surface area contributed by atoms with Gasteiger partial charge in [0.15, 0.2) is 0 Å². The van der Waals surface area contributed by atoms with Crippen LogP contribution < -0.4 is 5.32 Å². The van der Waals surface area contributed by atoms with Crippen LogP contribution in [0.15, 0.2) is 0 Å². The molecular formula is C15H30N2. The molecule has 2 fully saturated rings. The van der Waals surface area contributed by atoms with E-state index in [-0.39, 0.29) is 0 Å². The number of nitrogens with one attached hydrogen (secondary N) is 1. The first-order valence-electron chi connectivity index (χ1n) is 7.84. The molecule has 1 saturated carbocycles. The molecule has 1 heterocycles. The minimum absolute atomic E-state index is 0.756. The van der Waals surface area contributed by atoms with Gasteiger partial charge in [0.05, 0.1) is 0 Å². The number of nitrogens with zero attached hydrogens (tertiary/aromatic N) is 1. The highest BCUT2D eigenvalue weighted by Gasteiger charge is 2.21. The van der Waals surface area contributed by atoms with Crippen molar-refractivity contribution in [1.29, 1.82) is 0 Å². The lowest BCUT2D eigenvalue weighted by molar-refractivity contribution is 0.195. The number of hydrogen-bond donors (Lipinski definition) is 1. The van der Waals surface area contributed by atoms with Crippen molar-refractivity contribution in [3.63, 3.8) is 0 Å². The van der Waals surface area contributed by atoms with E-state index in [9.17, 15) is 0 Å². The summed E-state index contributed by atoms with van der Waals surface area (Å²) in [5, 5.41) is 3.71. The third kappa shape index (κ3) is 4.59. The SMILES string of the molecule is CCCC1CN(CC2CCCCC2)CCCN1. The molecule has 2 heteroatoms. The summed E-state index contributed by atoms with van der Waals surface area (Å²) < 4.78 is 0. The molecule has 1 N–H and O–H groups in total. The summed E-state index contributed by atoms with van der Waals surface area (Å²) in [5.41, 5.74) is 0. The van der Waals surface area contributed by atoms with Crippen LogP contribution in [0.2, 0.25) is 0 Å². The molecule has 1 aliphatic heterocycles. The summed E-state index contributed by atoms with van der Waals surface area (Å²) in [4.78, 5) is 2.75. The Hall–Kier alpha value is -0.0800. The molecule has 1 saturated heterocycles. The molecule has 1 atom stereocenters. The second-order valence-electron chi connectivity index (χ2n) is 6.06. The lowest BCUT2D eigenvalue weighted by Gasteiger charge is -2.30. The maximum Gasteiger partial charge on any atom is 0.0194 e. The highest BCUT2D eigenvalue weighted by molar-refractivity contribution is 4.78. The standard InChI is InChI=1S/C15H30N2/c1-2-7-15-13-17(11-6-10-16-15)12-14-8-4-3-5-9-14/h14-16H,2-13H2,1H3. The van der Waals surface area contributed by atoms with E-state index in [1.165, 1.54) is 77.5 Å². The molecule has 0 aromatic heterocycles. The van der Waals surface area contributed by atoms with Gasteiger partial charge in [-0.2, -0.15) is 0 Å². The van der Waals surface area contributed by atoms with Gasteiger partial charge in [-0.15, -0.1) is 0 Å². The van der Waals surface area contributed by atoms with Gasteiger partial charge in [-0.3, -0.25) is 0 Å². The van der Waals surface area contributed by atoms with Crippen molar-refractivity contribution < 1.29 is 0 Å². The summed E-state index contributed by atoms with van der Waals surface area (Å²) in [6, 6.07) is 0.756. The minimum Gasteiger partial charge on any atom is -0.313 e. The predicted molar refractivity (Wildman–Crippen MR) is 74.3 cm³/mol. The zero-order valence-electron chi connectivity index (χ0n) is 11.6. The van der Waals surface area contributed by atoms with Crippen LogP contribution in [0.3, 0.4) is 0 Å². The Morgan fingerprint density at radius 1 is 1.12 bits per heavy atom. The van der Waals surface area contributed by atoms with Crippen molar-refractivity contribution in [2.45, 2.75) is 64.3 Å². The number of hydrogen-bond acceptors (Lipinski definition) is 2. The predicted octanol–water partition coefficient (Wildman–Crippen LogP) is 3.03. The fourth-order valence-electron chi connectivity index (χ4n) is 3.52. The normalized spacial score (nSPS) is 29.1. The fourth-order valence-corrected chi connectivity index (χ4v) is 3.52. The van der Waals surface area contributed by atoms with Crippen molar-refractivity contribution >= 4 is 0 Å². The first kappa shape index (κ1) is 13.4. The molecule has 2 aliphatic rings. The molecule has 2 rings (SSSR count). The van der Waals surface area contributed by atoms with Gasteiger partial charge in [-0.05, 0) is 44.7 Å². The van der Waals surface area contributed by atoms with Crippen molar-refractivity contribution in [1.82, 2.24) is 10.2 Å². The molecule has 1 unspecified atom stereocenters. The van der Waals surface area contributed by atoms with Gasteiger partial charge in [0, 0.05) is 19.1 Å². The molecule has 17 heavy (non-hydrogen) atoms. The summed E-state index contributed by atoms with van der Waals surface area (Å²) in [5.74, 6) is 1.00. The van der Waals surface area contributed by atoms with Crippen LogP contribution in [0, 0.1) is 5.92 Å². The van der Waals surface area contributed by atoms with Gasteiger partial charge >= 0.3 is 0 Å². The third-order valence-corrected chi connectivity index (χ3v) is 4.44. The molecule has 0 amide bonds. The third-order valence-electron chi connectivity index (χ3n) is 4.44. The Morgan fingerprint density at radius 3 is 2.71 bits per heavy atom. The van der Waals surface area contributed by atoms with E-state index >= 15 is 0 Å². The Kier molecular flexibility index (Phi) is 5.79. The maximum absolute atomic E-state index is 3.71. The Morgan fingerprint density at radius 2 is 1.94 bits per heavy atom. The van der Waals surface area contributed by atoms with E-state index in [1.54, 1.807) is 0 Å². The molecule has 100 valence electrons. The van der Waals surface area contributed by atoms with Gasteiger partial charge in [0.2, 0.25) is 0 Å². The smallest absolute Gasteiger partial charge is 0.0194 e. The van der Waals surface area contributed by atoms with E-state index in [2.05, 4.69) is 17.1 Å². The Bertz CT molecular complexity index is 199. The monoisotopic (exact) mass is 238 g/mol. The lowest BCUT2D eigenvalue weighted by Crippen LogP contribution is -2.39. The molecule has 0 aromatic rings. The van der Waals surface area contributed by atoms with Crippen LogP contribution in [0.5, 0.6) is 0 Å². The largest absolute Gasteiger partial charge is 0.313 e. The lowest BCUT2D eigenvalue weighted by atomic mass is 9.89. The van der Waals surface area contributed by atoms with E-state index in [4.69, 9.17) is 0 Å². The van der Waals surface area contributed by atoms with Crippen LogP contribution in [-0.4, -0.2) is 37.1 Å². The second-order valence-corrected chi connectivity index (χ2v) is 6.06. The molecule has 1 aliphatic carbocycles. The van der Waals surface area contributed by atoms with Gasteiger partial charge in [0.1, 0.15) is 0 Å². The first-order chi connectivity index (χ1) is 8.38. The molecule has 0 radical (unpaired) electrons. The van der Waals surface area contributed by atoms with Crippen LogP contribution >= 0.6 is 0 Å². The van der Waals surface area contributed by atoms with E-state index in [0.29, 0.717) is 0 Å². The van der Waals surface area contributed by atoms with Crippen molar-refractivity contribution in [3.8, 4) is 0 Å². The van der Waals surface area contributed by atoms with Gasteiger partial charge in [0.25, 0.3) is 0 Å². The second kappa shape index (κ2) is 7.38. The summed E-state index contributed by atoms with van der Waals surface area (Å²) >= 11 is 0. The molecular weight excluding hydrogens is 208 g/mol. The fraction of sp³-hybridized carbons (Fsp3) is 1.00. The molecule has 2 nitrogen and oxygen atoms in total. The van der Waals surface area contributed by atoms with Crippen LogP contribution in [0.4, 0.5) is 0 Å². The molecule has 0 bridgehead atoms. The zero-order chi connectivity index (χ0) is 11.9. The highest BCUT2D eigenvalue weighted by Crippen LogP contribution is 2.24. The van der Waals surface area contributed by atoms with E-state index < -0.39 is 0 Å². The topological polar surface area (TPSA) is 15.3 Å². The van der Waals surface area contributed by atoms with Crippen molar-refractivity contribution in [2.75, 3.05) is 26.2 Å². The Balaban J connectivity index is 1.77.